The summed E-state index contributed by atoms with van der Waals surface area (Å²) in [6.45, 7) is 1.88. The molecule has 0 bridgehead atoms. The van der Waals surface area contributed by atoms with E-state index in [1.807, 2.05) is 13.0 Å². The number of esters is 1. The van der Waals surface area contributed by atoms with Crippen LogP contribution in [0.1, 0.15) is 17.2 Å². The van der Waals surface area contributed by atoms with Crippen LogP contribution in [0.5, 0.6) is 5.75 Å². The molecule has 15 heavy (non-hydrogen) atoms. The van der Waals surface area contributed by atoms with E-state index >= 15 is 0 Å². The second kappa shape index (κ2) is 4.79. The third-order valence-corrected chi connectivity index (χ3v) is 2.27. The topological polar surface area (TPSA) is 61.5 Å². The molecule has 0 spiro atoms. The fraction of sp³-hybridized carbons (Fsp3) is 0.364. The van der Waals surface area contributed by atoms with E-state index in [-0.39, 0.29) is 0 Å². The zero-order valence-electron chi connectivity index (χ0n) is 9.11. The number of benzene rings is 1. The van der Waals surface area contributed by atoms with E-state index in [0.717, 1.165) is 16.9 Å². The second-order valence-electron chi connectivity index (χ2n) is 3.22. The van der Waals surface area contributed by atoms with E-state index < -0.39 is 12.0 Å². The molecule has 0 radical (unpaired) electrons. The van der Waals surface area contributed by atoms with Crippen molar-refractivity contribution in [3.05, 3.63) is 29.3 Å². The van der Waals surface area contributed by atoms with Gasteiger partial charge in [0.15, 0.2) is 0 Å². The molecule has 0 amide bonds. The van der Waals surface area contributed by atoms with Crippen LogP contribution >= 0.6 is 0 Å². The summed E-state index contributed by atoms with van der Waals surface area (Å²) in [5.41, 5.74) is 7.39. The molecule has 0 unspecified atom stereocenters. The Balaban J connectivity index is 3.00. The van der Waals surface area contributed by atoms with Crippen LogP contribution < -0.4 is 10.5 Å². The van der Waals surface area contributed by atoms with Crippen molar-refractivity contribution in [2.24, 2.45) is 5.73 Å². The van der Waals surface area contributed by atoms with Gasteiger partial charge in [0.05, 0.1) is 14.2 Å². The van der Waals surface area contributed by atoms with E-state index in [2.05, 4.69) is 4.74 Å². The van der Waals surface area contributed by atoms with E-state index in [4.69, 9.17) is 10.5 Å². The molecule has 0 aromatic heterocycles. The Kier molecular flexibility index (Phi) is 3.68. The number of carbonyl (C=O) groups excluding carboxylic acids is 1. The lowest BCUT2D eigenvalue weighted by atomic mass is 10.0. The van der Waals surface area contributed by atoms with Crippen molar-refractivity contribution < 1.29 is 14.3 Å². The summed E-state index contributed by atoms with van der Waals surface area (Å²) in [5.74, 6) is 0.302. The standard InChI is InChI=1S/C11H15NO3/c1-7-6-8(14-2)4-5-9(7)10(12)11(13)15-3/h4-6,10H,12H2,1-3H3/t10-/m1/s1. The lowest BCUT2D eigenvalue weighted by Gasteiger charge is -2.13. The van der Waals surface area contributed by atoms with Gasteiger partial charge < -0.3 is 15.2 Å². The van der Waals surface area contributed by atoms with Crippen LogP contribution in [0, 0.1) is 6.92 Å². The molecule has 0 fully saturated rings. The average molecular weight is 209 g/mol. The smallest absolute Gasteiger partial charge is 0.327 e. The van der Waals surface area contributed by atoms with Crippen LogP contribution in [0.25, 0.3) is 0 Å². The van der Waals surface area contributed by atoms with E-state index in [1.54, 1.807) is 19.2 Å². The molecular weight excluding hydrogens is 194 g/mol. The van der Waals surface area contributed by atoms with Crippen LogP contribution in [0.2, 0.25) is 0 Å². The fourth-order valence-corrected chi connectivity index (χ4v) is 1.38. The van der Waals surface area contributed by atoms with Crippen molar-refractivity contribution in [1.29, 1.82) is 0 Å². The van der Waals surface area contributed by atoms with Crippen molar-refractivity contribution in [2.75, 3.05) is 14.2 Å². The normalized spacial score (nSPS) is 12.0. The molecule has 82 valence electrons. The van der Waals surface area contributed by atoms with Gasteiger partial charge in [-0.2, -0.15) is 0 Å². The highest BCUT2D eigenvalue weighted by Gasteiger charge is 2.18. The molecule has 2 N–H and O–H groups in total. The SMILES string of the molecule is COC(=O)[C@H](N)c1ccc(OC)cc1C. The first-order chi connectivity index (χ1) is 7.10. The van der Waals surface area contributed by atoms with Gasteiger partial charge >= 0.3 is 5.97 Å². The van der Waals surface area contributed by atoms with Crippen molar-refractivity contribution in [3.8, 4) is 5.75 Å². The summed E-state index contributed by atoms with van der Waals surface area (Å²) in [4.78, 5) is 11.2. The van der Waals surface area contributed by atoms with Crippen molar-refractivity contribution >= 4 is 5.97 Å². The minimum Gasteiger partial charge on any atom is -0.497 e. The Morgan fingerprint density at radius 1 is 1.40 bits per heavy atom. The van der Waals surface area contributed by atoms with Gasteiger partial charge in [0.1, 0.15) is 11.8 Å². The zero-order chi connectivity index (χ0) is 11.4. The summed E-state index contributed by atoms with van der Waals surface area (Å²) < 4.78 is 9.64. The molecule has 4 nitrogen and oxygen atoms in total. The highest BCUT2D eigenvalue weighted by molar-refractivity contribution is 5.77. The molecular formula is C11H15NO3. The highest BCUT2D eigenvalue weighted by atomic mass is 16.5. The van der Waals surface area contributed by atoms with Crippen LogP contribution in [-0.2, 0) is 9.53 Å². The van der Waals surface area contributed by atoms with Gasteiger partial charge in [-0.05, 0) is 30.2 Å². The number of hydrogen-bond donors (Lipinski definition) is 1. The maximum atomic E-state index is 11.2. The van der Waals surface area contributed by atoms with Crippen LogP contribution in [-0.4, -0.2) is 20.2 Å². The van der Waals surface area contributed by atoms with Crippen LogP contribution in [0.3, 0.4) is 0 Å². The Bertz CT molecular complexity index is 363. The largest absolute Gasteiger partial charge is 0.497 e. The predicted octanol–water partition coefficient (Wildman–Crippen LogP) is 1.18. The van der Waals surface area contributed by atoms with E-state index in [1.165, 1.54) is 7.11 Å². The van der Waals surface area contributed by atoms with E-state index in [9.17, 15) is 4.79 Å². The number of methoxy groups -OCH3 is 2. The molecule has 0 heterocycles. The highest BCUT2D eigenvalue weighted by Crippen LogP contribution is 2.21. The molecule has 4 heteroatoms. The van der Waals surface area contributed by atoms with Crippen molar-refractivity contribution in [2.45, 2.75) is 13.0 Å². The Morgan fingerprint density at radius 3 is 2.53 bits per heavy atom. The minimum atomic E-state index is -0.735. The van der Waals surface area contributed by atoms with Gasteiger partial charge in [-0.1, -0.05) is 6.07 Å². The zero-order valence-corrected chi connectivity index (χ0v) is 9.11. The molecule has 0 saturated heterocycles. The molecule has 1 rings (SSSR count). The van der Waals surface area contributed by atoms with Gasteiger partial charge in [-0.3, -0.25) is 4.79 Å². The lowest BCUT2D eigenvalue weighted by Crippen LogP contribution is -2.23. The first-order valence-corrected chi connectivity index (χ1v) is 4.58. The maximum Gasteiger partial charge on any atom is 0.327 e. The van der Waals surface area contributed by atoms with Gasteiger partial charge in [0, 0.05) is 0 Å². The molecule has 0 aliphatic carbocycles. The van der Waals surface area contributed by atoms with Gasteiger partial charge in [0.2, 0.25) is 0 Å². The number of carbonyl (C=O) groups is 1. The van der Waals surface area contributed by atoms with E-state index in [0.29, 0.717) is 0 Å². The van der Waals surface area contributed by atoms with Crippen molar-refractivity contribution in [3.63, 3.8) is 0 Å². The third-order valence-electron chi connectivity index (χ3n) is 2.27. The summed E-state index contributed by atoms with van der Waals surface area (Å²) in [6, 6.07) is 4.64. The Hall–Kier alpha value is -1.55. The molecule has 1 aromatic carbocycles. The Labute approximate surface area is 89.0 Å². The monoisotopic (exact) mass is 209 g/mol. The molecule has 0 aliphatic rings. The summed E-state index contributed by atoms with van der Waals surface area (Å²) in [7, 11) is 2.91. The van der Waals surface area contributed by atoms with Gasteiger partial charge in [-0.15, -0.1) is 0 Å². The van der Waals surface area contributed by atoms with Crippen LogP contribution in [0.15, 0.2) is 18.2 Å². The number of hydrogen-bond acceptors (Lipinski definition) is 4. The number of nitrogens with two attached hydrogens (primary N) is 1. The van der Waals surface area contributed by atoms with Crippen molar-refractivity contribution in [1.82, 2.24) is 0 Å². The lowest BCUT2D eigenvalue weighted by molar-refractivity contribution is -0.142. The summed E-state index contributed by atoms with van der Waals surface area (Å²) in [6.07, 6.45) is 0. The second-order valence-corrected chi connectivity index (χ2v) is 3.22. The number of ether oxygens (including phenoxy) is 2. The van der Waals surface area contributed by atoms with Gasteiger partial charge in [-0.25, -0.2) is 0 Å². The summed E-state index contributed by atoms with van der Waals surface area (Å²) in [5, 5.41) is 0. The summed E-state index contributed by atoms with van der Waals surface area (Å²) >= 11 is 0. The Morgan fingerprint density at radius 2 is 2.07 bits per heavy atom. The number of rotatable bonds is 3. The maximum absolute atomic E-state index is 11.2. The molecule has 0 saturated carbocycles. The molecule has 0 aliphatic heterocycles. The molecule has 1 atom stereocenters. The minimum absolute atomic E-state index is 0.441. The van der Waals surface area contributed by atoms with Gasteiger partial charge in [0.25, 0.3) is 0 Å². The first-order valence-electron chi connectivity index (χ1n) is 4.58. The quantitative estimate of drug-likeness (QED) is 0.759. The third kappa shape index (κ3) is 2.47. The molecule has 1 aromatic rings. The predicted molar refractivity (Wildman–Crippen MR) is 56.7 cm³/mol. The number of aryl methyl sites for hydroxylation is 1. The van der Waals surface area contributed by atoms with Crippen LogP contribution in [0.4, 0.5) is 0 Å². The fourth-order valence-electron chi connectivity index (χ4n) is 1.38. The average Bonchev–Trinajstić information content (AvgIpc) is 2.26. The first kappa shape index (κ1) is 11.5.